The summed E-state index contributed by atoms with van der Waals surface area (Å²) < 4.78 is 12.9. The fourth-order valence-corrected chi connectivity index (χ4v) is 2.09. The van der Waals surface area contributed by atoms with Gasteiger partial charge in [-0.25, -0.2) is 14.0 Å². The van der Waals surface area contributed by atoms with Crippen molar-refractivity contribution in [3.05, 3.63) is 58.9 Å². The summed E-state index contributed by atoms with van der Waals surface area (Å²) in [5.74, 6) is -2.83. The van der Waals surface area contributed by atoms with Crippen LogP contribution in [0.5, 0.6) is 0 Å². The van der Waals surface area contributed by atoms with E-state index < -0.39 is 17.8 Å². The summed E-state index contributed by atoms with van der Waals surface area (Å²) in [6.45, 7) is 1.44. The molecule has 2 aromatic carbocycles. The second-order valence-corrected chi connectivity index (χ2v) is 4.28. The van der Waals surface area contributed by atoms with E-state index in [0.29, 0.717) is 11.1 Å². The molecule has 102 valence electrons. The van der Waals surface area contributed by atoms with Gasteiger partial charge in [0.25, 0.3) is 0 Å². The average Bonchev–Trinajstić information content (AvgIpc) is 2.38. The highest BCUT2D eigenvalue weighted by molar-refractivity contribution is 6.02. The first-order valence-electron chi connectivity index (χ1n) is 5.78. The molecule has 2 N–H and O–H groups in total. The van der Waals surface area contributed by atoms with Crippen LogP contribution in [0.1, 0.15) is 26.3 Å². The van der Waals surface area contributed by atoms with E-state index >= 15 is 0 Å². The van der Waals surface area contributed by atoms with Crippen molar-refractivity contribution in [1.29, 1.82) is 0 Å². The predicted molar refractivity (Wildman–Crippen MR) is 70.5 cm³/mol. The first-order chi connectivity index (χ1) is 9.41. The number of halogens is 1. The van der Waals surface area contributed by atoms with Gasteiger partial charge in [0.05, 0.1) is 11.1 Å². The van der Waals surface area contributed by atoms with E-state index in [0.717, 1.165) is 0 Å². The molecule has 0 saturated heterocycles. The molecular formula is C15H11FO4. The summed E-state index contributed by atoms with van der Waals surface area (Å²) in [6.07, 6.45) is 0. The quantitative estimate of drug-likeness (QED) is 0.901. The van der Waals surface area contributed by atoms with Crippen LogP contribution in [0.25, 0.3) is 11.1 Å². The lowest BCUT2D eigenvalue weighted by Crippen LogP contribution is -2.09. The molecule has 2 rings (SSSR count). The Balaban J connectivity index is 2.71. The van der Waals surface area contributed by atoms with Gasteiger partial charge in [-0.05, 0) is 41.8 Å². The van der Waals surface area contributed by atoms with Crippen molar-refractivity contribution in [3.8, 4) is 11.1 Å². The molecule has 0 saturated carbocycles. The Bertz CT molecular complexity index is 690. The van der Waals surface area contributed by atoms with Crippen LogP contribution in [-0.2, 0) is 0 Å². The highest BCUT2D eigenvalue weighted by Gasteiger charge is 2.20. The summed E-state index contributed by atoms with van der Waals surface area (Å²) in [5, 5.41) is 18.3. The molecule has 0 heterocycles. The summed E-state index contributed by atoms with van der Waals surface area (Å²) in [5.41, 5.74) is 0.903. The largest absolute Gasteiger partial charge is 0.478 e. The van der Waals surface area contributed by atoms with E-state index in [2.05, 4.69) is 0 Å². The Hall–Kier alpha value is -2.69. The van der Waals surface area contributed by atoms with Crippen molar-refractivity contribution in [2.24, 2.45) is 0 Å². The van der Waals surface area contributed by atoms with Crippen molar-refractivity contribution in [3.63, 3.8) is 0 Å². The highest BCUT2D eigenvalue weighted by Crippen LogP contribution is 2.28. The van der Waals surface area contributed by atoms with Crippen LogP contribution in [0.15, 0.2) is 36.4 Å². The lowest BCUT2D eigenvalue weighted by molar-refractivity contribution is 0.0696. The van der Waals surface area contributed by atoms with Gasteiger partial charge in [0.1, 0.15) is 5.82 Å². The van der Waals surface area contributed by atoms with E-state index in [1.54, 1.807) is 0 Å². The molecule has 0 aliphatic heterocycles. The van der Waals surface area contributed by atoms with E-state index in [1.807, 2.05) is 0 Å². The zero-order valence-corrected chi connectivity index (χ0v) is 10.6. The lowest BCUT2D eigenvalue weighted by atomic mass is 9.92. The topological polar surface area (TPSA) is 74.6 Å². The fourth-order valence-electron chi connectivity index (χ4n) is 2.09. The lowest BCUT2D eigenvalue weighted by Gasteiger charge is -2.11. The molecule has 0 aromatic heterocycles. The number of aromatic carboxylic acids is 2. The van der Waals surface area contributed by atoms with Gasteiger partial charge < -0.3 is 10.2 Å². The Morgan fingerprint density at radius 1 is 0.950 bits per heavy atom. The van der Waals surface area contributed by atoms with Gasteiger partial charge in [-0.3, -0.25) is 0 Å². The molecule has 20 heavy (non-hydrogen) atoms. The molecular weight excluding hydrogens is 263 g/mol. The number of rotatable bonds is 3. The average molecular weight is 274 g/mol. The number of hydrogen-bond acceptors (Lipinski definition) is 2. The maximum Gasteiger partial charge on any atom is 0.336 e. The maximum atomic E-state index is 12.9. The SMILES string of the molecule is Cc1c(C(=O)O)ccc(-c2ccc(F)cc2)c1C(=O)O. The Morgan fingerprint density at radius 3 is 2.05 bits per heavy atom. The predicted octanol–water partition coefficient (Wildman–Crippen LogP) is 3.20. The molecule has 0 aliphatic carbocycles. The van der Waals surface area contributed by atoms with Crippen molar-refractivity contribution < 1.29 is 24.2 Å². The van der Waals surface area contributed by atoms with E-state index in [9.17, 15) is 19.1 Å². The monoisotopic (exact) mass is 274 g/mol. The van der Waals surface area contributed by atoms with Crippen LogP contribution < -0.4 is 0 Å². The minimum atomic E-state index is -1.22. The van der Waals surface area contributed by atoms with Crippen molar-refractivity contribution in [1.82, 2.24) is 0 Å². The number of benzene rings is 2. The molecule has 2 aromatic rings. The number of carboxylic acids is 2. The number of carboxylic acid groups (broad SMARTS) is 2. The molecule has 0 radical (unpaired) electrons. The molecule has 0 fully saturated rings. The van der Waals surface area contributed by atoms with E-state index in [-0.39, 0.29) is 16.7 Å². The smallest absolute Gasteiger partial charge is 0.336 e. The van der Waals surface area contributed by atoms with E-state index in [1.165, 1.54) is 43.3 Å². The van der Waals surface area contributed by atoms with Crippen LogP contribution >= 0.6 is 0 Å². The minimum Gasteiger partial charge on any atom is -0.478 e. The van der Waals surface area contributed by atoms with Crippen LogP contribution in [0, 0.1) is 12.7 Å². The highest BCUT2D eigenvalue weighted by atomic mass is 19.1. The first kappa shape index (κ1) is 13.7. The van der Waals surface area contributed by atoms with Gasteiger partial charge in [-0.2, -0.15) is 0 Å². The molecule has 0 spiro atoms. The third-order valence-corrected chi connectivity index (χ3v) is 3.06. The maximum absolute atomic E-state index is 12.9. The second-order valence-electron chi connectivity index (χ2n) is 4.28. The van der Waals surface area contributed by atoms with Crippen molar-refractivity contribution >= 4 is 11.9 Å². The van der Waals surface area contributed by atoms with Gasteiger partial charge in [-0.15, -0.1) is 0 Å². The molecule has 5 heteroatoms. The third kappa shape index (κ3) is 2.38. The zero-order valence-electron chi connectivity index (χ0n) is 10.6. The number of carbonyl (C=O) groups is 2. The van der Waals surface area contributed by atoms with Crippen LogP contribution in [0.2, 0.25) is 0 Å². The standard InChI is InChI=1S/C15H11FO4/c1-8-11(14(17)18)6-7-12(13(8)15(19)20)9-2-4-10(16)5-3-9/h2-7H,1H3,(H,17,18)(H,19,20). The van der Waals surface area contributed by atoms with Gasteiger partial charge in [0, 0.05) is 0 Å². The molecule has 0 bridgehead atoms. The molecule has 0 amide bonds. The minimum absolute atomic E-state index is 0.0618. The normalized spacial score (nSPS) is 10.3. The molecule has 0 aliphatic rings. The fraction of sp³-hybridized carbons (Fsp3) is 0.0667. The van der Waals surface area contributed by atoms with Gasteiger partial charge >= 0.3 is 11.9 Å². The second kappa shape index (κ2) is 5.13. The Kier molecular flexibility index (Phi) is 3.52. The van der Waals surface area contributed by atoms with Crippen molar-refractivity contribution in [2.75, 3.05) is 0 Å². The van der Waals surface area contributed by atoms with Crippen molar-refractivity contribution in [2.45, 2.75) is 6.92 Å². The number of hydrogen-bond donors (Lipinski definition) is 2. The molecule has 4 nitrogen and oxygen atoms in total. The zero-order chi connectivity index (χ0) is 14.9. The van der Waals surface area contributed by atoms with Gasteiger partial charge in [0.2, 0.25) is 0 Å². The molecule has 0 atom stereocenters. The van der Waals surface area contributed by atoms with Crippen LogP contribution in [0.3, 0.4) is 0 Å². The summed E-state index contributed by atoms with van der Waals surface area (Å²) in [6, 6.07) is 8.13. The molecule has 0 unspecified atom stereocenters. The first-order valence-corrected chi connectivity index (χ1v) is 5.78. The Labute approximate surface area is 114 Å². The van der Waals surface area contributed by atoms with Gasteiger partial charge in [-0.1, -0.05) is 18.2 Å². The third-order valence-electron chi connectivity index (χ3n) is 3.06. The summed E-state index contributed by atoms with van der Waals surface area (Å²) >= 11 is 0. The van der Waals surface area contributed by atoms with Crippen LogP contribution in [0.4, 0.5) is 4.39 Å². The van der Waals surface area contributed by atoms with E-state index in [4.69, 9.17) is 5.11 Å². The van der Waals surface area contributed by atoms with Gasteiger partial charge in [0.15, 0.2) is 0 Å². The summed E-state index contributed by atoms with van der Waals surface area (Å²) in [7, 11) is 0. The Morgan fingerprint density at radius 2 is 1.55 bits per heavy atom. The summed E-state index contributed by atoms with van der Waals surface area (Å²) in [4.78, 5) is 22.4. The van der Waals surface area contributed by atoms with Crippen LogP contribution in [-0.4, -0.2) is 22.2 Å².